The molecule has 2 aromatic rings. The molecule has 0 spiro atoms. The van der Waals surface area contributed by atoms with E-state index in [0.29, 0.717) is 11.6 Å². The Morgan fingerprint density at radius 1 is 1.30 bits per heavy atom. The summed E-state index contributed by atoms with van der Waals surface area (Å²) in [5.41, 5.74) is 1.86. The highest BCUT2D eigenvalue weighted by Crippen LogP contribution is 2.29. The molecule has 0 atom stereocenters. The number of pyridine rings is 1. The van der Waals surface area contributed by atoms with Crippen molar-refractivity contribution in [1.82, 2.24) is 9.88 Å². The Kier molecular flexibility index (Phi) is 5.08. The lowest BCUT2D eigenvalue weighted by Crippen LogP contribution is -2.43. The van der Waals surface area contributed by atoms with E-state index in [9.17, 15) is 4.39 Å². The van der Waals surface area contributed by atoms with Crippen molar-refractivity contribution in [3.8, 4) is 0 Å². The number of aromatic nitrogens is 1. The highest BCUT2D eigenvalue weighted by Gasteiger charge is 2.23. The van der Waals surface area contributed by atoms with Crippen molar-refractivity contribution < 1.29 is 9.50 Å². The first-order valence-corrected chi connectivity index (χ1v) is 8.29. The van der Waals surface area contributed by atoms with E-state index in [1.165, 1.54) is 12.1 Å². The Hall–Kier alpha value is -1.72. The molecule has 1 aliphatic rings. The van der Waals surface area contributed by atoms with Gasteiger partial charge in [0.05, 0.1) is 5.52 Å². The molecule has 0 unspecified atom stereocenters. The fourth-order valence-electron chi connectivity index (χ4n) is 3.43. The molecule has 124 valence electrons. The largest absolute Gasteiger partial charge is 0.396 e. The van der Waals surface area contributed by atoms with Gasteiger partial charge in [0.1, 0.15) is 5.82 Å². The third-order valence-electron chi connectivity index (χ3n) is 4.78. The highest BCUT2D eigenvalue weighted by atomic mass is 19.1. The first kappa shape index (κ1) is 16.1. The van der Waals surface area contributed by atoms with Crippen LogP contribution in [0.5, 0.6) is 0 Å². The second kappa shape index (κ2) is 7.23. The van der Waals surface area contributed by atoms with E-state index in [2.05, 4.69) is 21.8 Å². The summed E-state index contributed by atoms with van der Waals surface area (Å²) in [7, 11) is 2.14. The molecular formula is C18H24FN3O. The lowest BCUT2D eigenvalue weighted by atomic mass is 10.0. The summed E-state index contributed by atoms with van der Waals surface area (Å²) in [6.07, 6.45) is 4.80. The molecule has 4 nitrogen and oxygen atoms in total. The number of halogens is 1. The van der Waals surface area contributed by atoms with Gasteiger partial charge in [0.15, 0.2) is 0 Å². The van der Waals surface area contributed by atoms with Crippen molar-refractivity contribution in [3.05, 3.63) is 36.3 Å². The van der Waals surface area contributed by atoms with Crippen LogP contribution in [0.3, 0.4) is 0 Å². The predicted molar refractivity (Wildman–Crippen MR) is 91.3 cm³/mol. The SMILES string of the molecule is CN(CCCO)C1CCN(c2ccnc3cc(F)ccc23)CC1. The number of fused-ring (bicyclic) bond motifs is 1. The average Bonchev–Trinajstić information content (AvgIpc) is 2.59. The lowest BCUT2D eigenvalue weighted by Gasteiger charge is -2.38. The van der Waals surface area contributed by atoms with Crippen LogP contribution >= 0.6 is 0 Å². The van der Waals surface area contributed by atoms with Gasteiger partial charge in [-0.3, -0.25) is 4.98 Å². The van der Waals surface area contributed by atoms with Gasteiger partial charge >= 0.3 is 0 Å². The predicted octanol–water partition coefficient (Wildman–Crippen LogP) is 2.66. The number of benzene rings is 1. The van der Waals surface area contributed by atoms with E-state index < -0.39 is 0 Å². The number of rotatable bonds is 5. The van der Waals surface area contributed by atoms with Crippen LogP contribution in [-0.4, -0.2) is 54.3 Å². The second-order valence-corrected chi connectivity index (χ2v) is 6.27. The van der Waals surface area contributed by atoms with Gasteiger partial charge in [-0.1, -0.05) is 0 Å². The molecule has 0 saturated carbocycles. The molecule has 0 radical (unpaired) electrons. The molecule has 0 aliphatic carbocycles. The summed E-state index contributed by atoms with van der Waals surface area (Å²) >= 11 is 0. The third-order valence-corrected chi connectivity index (χ3v) is 4.78. The number of aliphatic hydroxyl groups excluding tert-OH is 1. The maximum atomic E-state index is 13.4. The molecular weight excluding hydrogens is 293 g/mol. The number of aliphatic hydroxyl groups is 1. The van der Waals surface area contributed by atoms with Crippen LogP contribution in [0.25, 0.3) is 10.9 Å². The minimum Gasteiger partial charge on any atom is -0.396 e. The fourth-order valence-corrected chi connectivity index (χ4v) is 3.43. The zero-order valence-corrected chi connectivity index (χ0v) is 13.6. The van der Waals surface area contributed by atoms with E-state index in [0.717, 1.165) is 50.0 Å². The maximum Gasteiger partial charge on any atom is 0.125 e. The Labute approximate surface area is 136 Å². The van der Waals surface area contributed by atoms with Gasteiger partial charge in [-0.05, 0) is 44.5 Å². The number of piperidine rings is 1. The summed E-state index contributed by atoms with van der Waals surface area (Å²) in [5.74, 6) is -0.244. The van der Waals surface area contributed by atoms with Crippen molar-refractivity contribution in [2.45, 2.75) is 25.3 Å². The molecule has 23 heavy (non-hydrogen) atoms. The van der Waals surface area contributed by atoms with E-state index in [1.54, 1.807) is 6.20 Å². The molecule has 2 heterocycles. The third kappa shape index (κ3) is 3.62. The van der Waals surface area contributed by atoms with Crippen LogP contribution < -0.4 is 4.90 Å². The summed E-state index contributed by atoms with van der Waals surface area (Å²) < 4.78 is 13.4. The summed E-state index contributed by atoms with van der Waals surface area (Å²) in [6, 6.07) is 7.42. The topological polar surface area (TPSA) is 39.6 Å². The zero-order valence-electron chi connectivity index (χ0n) is 13.6. The monoisotopic (exact) mass is 317 g/mol. The Morgan fingerprint density at radius 2 is 2.09 bits per heavy atom. The van der Waals surface area contributed by atoms with E-state index >= 15 is 0 Å². The van der Waals surface area contributed by atoms with Crippen LogP contribution in [0.2, 0.25) is 0 Å². The molecule has 3 rings (SSSR count). The normalized spacial score (nSPS) is 16.4. The van der Waals surface area contributed by atoms with E-state index in [1.807, 2.05) is 12.1 Å². The van der Waals surface area contributed by atoms with Gasteiger partial charge in [0, 0.05) is 55.6 Å². The highest BCUT2D eigenvalue weighted by molar-refractivity contribution is 5.91. The van der Waals surface area contributed by atoms with Gasteiger partial charge in [0.2, 0.25) is 0 Å². The molecule has 1 aliphatic heterocycles. The first-order chi connectivity index (χ1) is 11.2. The van der Waals surface area contributed by atoms with Gasteiger partial charge in [-0.2, -0.15) is 0 Å². The van der Waals surface area contributed by atoms with Crippen LogP contribution in [0.15, 0.2) is 30.5 Å². The van der Waals surface area contributed by atoms with Gasteiger partial charge in [0.25, 0.3) is 0 Å². The molecule has 0 bridgehead atoms. The molecule has 1 fully saturated rings. The Bertz CT molecular complexity index is 656. The van der Waals surface area contributed by atoms with Crippen LogP contribution in [0, 0.1) is 5.82 Å². The van der Waals surface area contributed by atoms with Gasteiger partial charge in [-0.25, -0.2) is 4.39 Å². The molecule has 1 saturated heterocycles. The quantitative estimate of drug-likeness (QED) is 0.920. The molecule has 1 aromatic heterocycles. The summed E-state index contributed by atoms with van der Waals surface area (Å²) in [4.78, 5) is 9.00. The maximum absolute atomic E-state index is 13.4. The standard InChI is InChI=1S/C18H24FN3O/c1-21(9-2-12-23)15-6-10-22(11-7-15)18-5-8-20-17-13-14(19)3-4-16(17)18/h3-5,8,13,15,23H,2,6-7,9-12H2,1H3. The summed E-state index contributed by atoms with van der Waals surface area (Å²) in [6.45, 7) is 3.18. The minimum atomic E-state index is -0.244. The average molecular weight is 317 g/mol. The smallest absolute Gasteiger partial charge is 0.125 e. The number of hydrogen-bond acceptors (Lipinski definition) is 4. The first-order valence-electron chi connectivity index (χ1n) is 8.29. The molecule has 1 N–H and O–H groups in total. The van der Waals surface area contributed by atoms with Crippen LogP contribution in [0.4, 0.5) is 10.1 Å². The number of hydrogen-bond donors (Lipinski definition) is 1. The van der Waals surface area contributed by atoms with Crippen molar-refractivity contribution >= 4 is 16.6 Å². The molecule has 0 amide bonds. The number of nitrogens with zero attached hydrogens (tertiary/aromatic N) is 3. The summed E-state index contributed by atoms with van der Waals surface area (Å²) in [5, 5.41) is 9.97. The van der Waals surface area contributed by atoms with Crippen LogP contribution in [-0.2, 0) is 0 Å². The van der Waals surface area contributed by atoms with Crippen molar-refractivity contribution in [1.29, 1.82) is 0 Å². The van der Waals surface area contributed by atoms with Crippen molar-refractivity contribution in [2.75, 3.05) is 38.2 Å². The van der Waals surface area contributed by atoms with Crippen LogP contribution in [0.1, 0.15) is 19.3 Å². The van der Waals surface area contributed by atoms with Crippen molar-refractivity contribution in [2.24, 2.45) is 0 Å². The van der Waals surface area contributed by atoms with E-state index in [-0.39, 0.29) is 12.4 Å². The Morgan fingerprint density at radius 3 is 2.83 bits per heavy atom. The minimum absolute atomic E-state index is 0.244. The van der Waals surface area contributed by atoms with E-state index in [4.69, 9.17) is 5.11 Å². The molecule has 1 aromatic carbocycles. The lowest BCUT2D eigenvalue weighted by molar-refractivity contribution is 0.184. The second-order valence-electron chi connectivity index (χ2n) is 6.27. The fraction of sp³-hybridized carbons (Fsp3) is 0.500. The zero-order chi connectivity index (χ0) is 16.2. The van der Waals surface area contributed by atoms with Gasteiger partial charge in [-0.15, -0.1) is 0 Å². The number of anilines is 1. The van der Waals surface area contributed by atoms with Gasteiger partial charge < -0.3 is 14.9 Å². The van der Waals surface area contributed by atoms with Crippen molar-refractivity contribution in [3.63, 3.8) is 0 Å². The Balaban J connectivity index is 1.70. The molecule has 5 heteroatoms.